The molecule has 0 aliphatic carbocycles. The third-order valence-electron chi connectivity index (χ3n) is 4.73. The maximum absolute atomic E-state index is 12.9. The van der Waals surface area contributed by atoms with Gasteiger partial charge in [0.15, 0.2) is 0 Å². The molecule has 0 saturated heterocycles. The van der Waals surface area contributed by atoms with Gasteiger partial charge in [0.2, 0.25) is 0 Å². The topological polar surface area (TPSA) is 72.7 Å². The minimum atomic E-state index is -0.580. The fraction of sp³-hybridized carbons (Fsp3) is 0.0417. The number of fused-ring (bicyclic) bond motifs is 1. The molecule has 31 heavy (non-hydrogen) atoms. The van der Waals surface area contributed by atoms with Crippen molar-refractivity contribution >= 4 is 29.0 Å². The number of halogens is 1. The second kappa shape index (κ2) is 8.62. The minimum Gasteiger partial charge on any atom is -0.423 e. The quantitative estimate of drug-likeness (QED) is 0.229. The van der Waals surface area contributed by atoms with Gasteiger partial charge in [0.1, 0.15) is 17.3 Å². The number of hydrazone groups is 1. The summed E-state index contributed by atoms with van der Waals surface area (Å²) in [5, 5.41) is 4.97. The molecule has 7 heteroatoms. The second-order valence-electron chi connectivity index (χ2n) is 6.81. The lowest BCUT2D eigenvalue weighted by molar-refractivity contribution is 0.0734. The fourth-order valence-electron chi connectivity index (χ4n) is 3.10. The Bertz CT molecular complexity index is 1280. The molecule has 0 aliphatic rings. The predicted molar refractivity (Wildman–Crippen MR) is 116 cm³/mol. The number of benzene rings is 3. The van der Waals surface area contributed by atoms with Gasteiger partial charge in [-0.2, -0.15) is 5.10 Å². The molecule has 4 aromatic rings. The van der Waals surface area contributed by atoms with Crippen molar-refractivity contribution in [3.63, 3.8) is 0 Å². The van der Waals surface area contributed by atoms with E-state index in [-0.39, 0.29) is 11.5 Å². The summed E-state index contributed by atoms with van der Waals surface area (Å²) in [6.45, 7) is 0. The Labute approximate surface area is 177 Å². The SMILES string of the molecule is Cn1c(C(=O)N/N=C/c2ccc(OC(=O)c3ccc(F)cc3)cc2)cc2ccccc21. The van der Waals surface area contributed by atoms with Gasteiger partial charge in [0, 0.05) is 18.0 Å². The predicted octanol–water partition coefficient (Wildman–Crippen LogP) is 4.30. The Kier molecular flexibility index (Phi) is 5.57. The van der Waals surface area contributed by atoms with Gasteiger partial charge < -0.3 is 9.30 Å². The number of carbonyl (C=O) groups is 2. The van der Waals surface area contributed by atoms with Crippen molar-refractivity contribution in [1.29, 1.82) is 0 Å². The van der Waals surface area contributed by atoms with Gasteiger partial charge in [-0.25, -0.2) is 14.6 Å². The van der Waals surface area contributed by atoms with Crippen LogP contribution in [0.1, 0.15) is 26.4 Å². The molecule has 1 aromatic heterocycles. The highest BCUT2D eigenvalue weighted by Crippen LogP contribution is 2.18. The smallest absolute Gasteiger partial charge is 0.343 e. The number of aryl methyl sites for hydroxylation is 1. The largest absolute Gasteiger partial charge is 0.423 e. The van der Waals surface area contributed by atoms with Crippen LogP contribution >= 0.6 is 0 Å². The number of hydrogen-bond donors (Lipinski definition) is 1. The van der Waals surface area contributed by atoms with E-state index in [0.717, 1.165) is 10.9 Å². The molecule has 0 fully saturated rings. The molecule has 0 radical (unpaired) electrons. The fourth-order valence-corrected chi connectivity index (χ4v) is 3.10. The molecule has 1 N–H and O–H groups in total. The normalized spacial score (nSPS) is 11.0. The lowest BCUT2D eigenvalue weighted by atomic mass is 10.2. The van der Waals surface area contributed by atoms with Crippen molar-refractivity contribution in [1.82, 2.24) is 9.99 Å². The van der Waals surface area contributed by atoms with Crippen LogP contribution in [0.2, 0.25) is 0 Å². The molecule has 3 aromatic carbocycles. The van der Waals surface area contributed by atoms with Crippen LogP contribution < -0.4 is 10.2 Å². The van der Waals surface area contributed by atoms with Crippen LogP contribution in [-0.4, -0.2) is 22.7 Å². The van der Waals surface area contributed by atoms with E-state index in [1.807, 2.05) is 41.9 Å². The summed E-state index contributed by atoms with van der Waals surface area (Å²) in [5.41, 5.74) is 4.94. The van der Waals surface area contributed by atoms with Crippen LogP contribution in [0.15, 0.2) is 84.0 Å². The summed E-state index contributed by atoms with van der Waals surface area (Å²) in [6.07, 6.45) is 1.49. The number of amides is 1. The summed E-state index contributed by atoms with van der Waals surface area (Å²) in [6, 6.07) is 21.2. The Balaban J connectivity index is 1.37. The van der Waals surface area contributed by atoms with Gasteiger partial charge in [-0.3, -0.25) is 4.79 Å². The highest BCUT2D eigenvalue weighted by molar-refractivity contribution is 5.99. The van der Waals surface area contributed by atoms with E-state index in [0.29, 0.717) is 17.0 Å². The first-order chi connectivity index (χ1) is 15.0. The molecule has 0 saturated carbocycles. The van der Waals surface area contributed by atoms with E-state index < -0.39 is 11.8 Å². The first-order valence-corrected chi connectivity index (χ1v) is 9.47. The standard InChI is InChI=1S/C24H18FN3O3/c1-28-21-5-3-2-4-18(21)14-22(28)23(29)27-26-15-16-6-12-20(13-7-16)31-24(30)17-8-10-19(25)11-9-17/h2-15H,1H3,(H,27,29)/b26-15+. The van der Waals surface area contributed by atoms with Crippen molar-refractivity contribution in [2.45, 2.75) is 0 Å². The Hall–Kier alpha value is -4.26. The van der Waals surface area contributed by atoms with Crippen LogP contribution in [0.5, 0.6) is 5.75 Å². The van der Waals surface area contributed by atoms with E-state index in [4.69, 9.17) is 4.74 Å². The number of esters is 1. The van der Waals surface area contributed by atoms with Gasteiger partial charge in [-0.15, -0.1) is 0 Å². The third-order valence-corrected chi connectivity index (χ3v) is 4.73. The summed E-state index contributed by atoms with van der Waals surface area (Å²) < 4.78 is 20.0. The molecule has 0 bridgehead atoms. The number of aromatic nitrogens is 1. The first-order valence-electron chi connectivity index (χ1n) is 9.47. The van der Waals surface area contributed by atoms with E-state index in [1.54, 1.807) is 24.3 Å². The van der Waals surface area contributed by atoms with E-state index in [1.165, 1.54) is 30.5 Å². The molecule has 4 rings (SSSR count). The Morgan fingerprint density at radius 2 is 1.71 bits per heavy atom. The summed E-state index contributed by atoms with van der Waals surface area (Å²) in [7, 11) is 1.83. The van der Waals surface area contributed by atoms with Crippen LogP contribution in [0.4, 0.5) is 4.39 Å². The molecule has 154 valence electrons. The van der Waals surface area contributed by atoms with Crippen LogP contribution in [0, 0.1) is 5.82 Å². The van der Waals surface area contributed by atoms with Crippen LogP contribution in [0.3, 0.4) is 0 Å². The highest BCUT2D eigenvalue weighted by atomic mass is 19.1. The molecular formula is C24H18FN3O3. The summed E-state index contributed by atoms with van der Waals surface area (Å²) >= 11 is 0. The summed E-state index contributed by atoms with van der Waals surface area (Å²) in [5.74, 6) is -0.984. The van der Waals surface area contributed by atoms with Crippen molar-refractivity contribution in [2.24, 2.45) is 12.1 Å². The number of carbonyl (C=O) groups excluding carboxylic acids is 2. The molecule has 1 heterocycles. The first kappa shape index (κ1) is 20.0. The third kappa shape index (κ3) is 4.51. The molecule has 0 atom stereocenters. The van der Waals surface area contributed by atoms with E-state index in [9.17, 15) is 14.0 Å². The van der Waals surface area contributed by atoms with Gasteiger partial charge in [0.05, 0.1) is 11.8 Å². The maximum atomic E-state index is 12.9. The number of rotatable bonds is 5. The van der Waals surface area contributed by atoms with Crippen molar-refractivity contribution in [2.75, 3.05) is 0 Å². The minimum absolute atomic E-state index is 0.253. The Morgan fingerprint density at radius 3 is 2.42 bits per heavy atom. The number of nitrogens with zero attached hydrogens (tertiary/aromatic N) is 2. The van der Waals surface area contributed by atoms with Crippen molar-refractivity contribution in [3.05, 3.63) is 102 Å². The van der Waals surface area contributed by atoms with Crippen LogP contribution in [0.25, 0.3) is 10.9 Å². The average molecular weight is 415 g/mol. The van der Waals surface area contributed by atoms with E-state index >= 15 is 0 Å². The molecule has 0 spiro atoms. The number of hydrogen-bond acceptors (Lipinski definition) is 4. The van der Waals surface area contributed by atoms with Gasteiger partial charge in [-0.1, -0.05) is 18.2 Å². The lowest BCUT2D eigenvalue weighted by Crippen LogP contribution is -2.20. The molecule has 0 aliphatic heterocycles. The van der Waals surface area contributed by atoms with Crippen LogP contribution in [-0.2, 0) is 7.05 Å². The van der Waals surface area contributed by atoms with E-state index in [2.05, 4.69) is 10.5 Å². The van der Waals surface area contributed by atoms with Gasteiger partial charge >= 0.3 is 5.97 Å². The zero-order valence-corrected chi connectivity index (χ0v) is 16.6. The van der Waals surface area contributed by atoms with Gasteiger partial charge in [0.25, 0.3) is 5.91 Å². The van der Waals surface area contributed by atoms with Crippen molar-refractivity contribution in [3.8, 4) is 5.75 Å². The second-order valence-corrected chi connectivity index (χ2v) is 6.81. The molecular weight excluding hydrogens is 397 g/mol. The van der Waals surface area contributed by atoms with Gasteiger partial charge in [-0.05, 0) is 66.2 Å². The monoisotopic (exact) mass is 415 g/mol. The zero-order valence-electron chi connectivity index (χ0n) is 16.6. The molecule has 1 amide bonds. The molecule has 6 nitrogen and oxygen atoms in total. The maximum Gasteiger partial charge on any atom is 0.343 e. The summed E-state index contributed by atoms with van der Waals surface area (Å²) in [4.78, 5) is 24.5. The zero-order chi connectivity index (χ0) is 21.8. The molecule has 0 unspecified atom stereocenters. The number of para-hydroxylation sites is 1. The van der Waals surface area contributed by atoms with Crippen molar-refractivity contribution < 1.29 is 18.7 Å². The number of ether oxygens (including phenoxy) is 1. The lowest BCUT2D eigenvalue weighted by Gasteiger charge is -2.05. The number of nitrogens with one attached hydrogen (secondary N) is 1. The Morgan fingerprint density at radius 1 is 1.00 bits per heavy atom. The highest BCUT2D eigenvalue weighted by Gasteiger charge is 2.12. The average Bonchev–Trinajstić information content (AvgIpc) is 3.12.